The monoisotopic (exact) mass is 366 g/mol. The Hall–Kier alpha value is -2.85. The van der Waals surface area contributed by atoms with Gasteiger partial charge in [-0.3, -0.25) is 4.79 Å². The van der Waals surface area contributed by atoms with E-state index in [1.165, 1.54) is 12.1 Å². The molecule has 1 aliphatic rings. The third-order valence-electron chi connectivity index (χ3n) is 4.48. The Balaban J connectivity index is 1.69. The zero-order chi connectivity index (χ0) is 18.1. The summed E-state index contributed by atoms with van der Waals surface area (Å²) in [6.45, 7) is 0.473. The van der Waals surface area contributed by atoms with Crippen LogP contribution < -0.4 is 5.32 Å². The van der Waals surface area contributed by atoms with Crippen LogP contribution in [0.5, 0.6) is 0 Å². The number of hydrogen-bond acceptors (Lipinski definition) is 2. The number of hydrogen-bond donors (Lipinski definition) is 1. The molecule has 0 unspecified atom stereocenters. The molecule has 130 valence electrons. The molecule has 26 heavy (non-hydrogen) atoms. The third-order valence-corrected chi connectivity index (χ3v) is 4.77. The maximum absolute atomic E-state index is 13.5. The molecule has 0 aliphatic carbocycles. The van der Waals surface area contributed by atoms with Gasteiger partial charge < -0.3 is 10.2 Å². The second-order valence-corrected chi connectivity index (χ2v) is 6.59. The Labute approximate surface area is 156 Å². The molecule has 0 aromatic heterocycles. The van der Waals surface area contributed by atoms with E-state index in [1.807, 2.05) is 54.6 Å². The first-order valence-electron chi connectivity index (χ1n) is 8.29. The van der Waals surface area contributed by atoms with Crippen molar-refractivity contribution in [2.24, 2.45) is 0 Å². The summed E-state index contributed by atoms with van der Waals surface area (Å²) in [6.07, 6.45) is -0.347. The number of benzene rings is 3. The minimum absolute atomic E-state index is 0.0323. The van der Waals surface area contributed by atoms with Crippen molar-refractivity contribution in [3.63, 3.8) is 0 Å². The maximum Gasteiger partial charge on any atom is 0.256 e. The van der Waals surface area contributed by atoms with E-state index in [0.717, 1.165) is 11.1 Å². The summed E-state index contributed by atoms with van der Waals surface area (Å²) in [7, 11) is 0. The van der Waals surface area contributed by atoms with Crippen molar-refractivity contribution >= 4 is 23.2 Å². The molecule has 5 heteroatoms. The summed E-state index contributed by atoms with van der Waals surface area (Å²) in [5.74, 6) is -0.503. The van der Waals surface area contributed by atoms with E-state index in [1.54, 1.807) is 11.0 Å². The lowest BCUT2D eigenvalue weighted by molar-refractivity contribution is 0.0729. The van der Waals surface area contributed by atoms with Crippen molar-refractivity contribution in [1.29, 1.82) is 0 Å². The summed E-state index contributed by atoms with van der Waals surface area (Å²) in [6, 6.07) is 21.8. The summed E-state index contributed by atoms with van der Waals surface area (Å²) < 4.78 is 13.5. The predicted molar refractivity (Wildman–Crippen MR) is 101 cm³/mol. The van der Waals surface area contributed by atoms with Crippen LogP contribution >= 0.6 is 11.6 Å². The molecule has 0 bridgehead atoms. The van der Waals surface area contributed by atoms with Crippen LogP contribution in [-0.2, 0) is 6.54 Å². The van der Waals surface area contributed by atoms with Gasteiger partial charge in [-0.2, -0.15) is 0 Å². The first-order chi connectivity index (χ1) is 12.6. The fraction of sp³-hybridized carbons (Fsp3) is 0.0952. The van der Waals surface area contributed by atoms with Crippen LogP contribution in [0.3, 0.4) is 0 Å². The van der Waals surface area contributed by atoms with Gasteiger partial charge in [0.2, 0.25) is 0 Å². The number of carbonyl (C=O) groups excluding carboxylic acids is 1. The first kappa shape index (κ1) is 16.6. The van der Waals surface area contributed by atoms with E-state index < -0.39 is 5.82 Å². The van der Waals surface area contributed by atoms with Crippen LogP contribution in [0, 0.1) is 5.82 Å². The van der Waals surface area contributed by atoms with Crippen molar-refractivity contribution in [2.75, 3.05) is 5.32 Å². The topological polar surface area (TPSA) is 32.3 Å². The lowest BCUT2D eigenvalue weighted by atomic mass is 10.1. The lowest BCUT2D eigenvalue weighted by Crippen LogP contribution is -2.31. The second kappa shape index (κ2) is 6.81. The minimum Gasteiger partial charge on any atom is -0.361 e. The van der Waals surface area contributed by atoms with Gasteiger partial charge in [-0.25, -0.2) is 4.39 Å². The van der Waals surface area contributed by atoms with E-state index in [0.29, 0.717) is 17.8 Å². The smallest absolute Gasteiger partial charge is 0.256 e. The predicted octanol–water partition coefficient (Wildman–Crippen LogP) is 5.25. The molecule has 0 fully saturated rings. The number of rotatable bonds is 4. The van der Waals surface area contributed by atoms with E-state index >= 15 is 0 Å². The summed E-state index contributed by atoms with van der Waals surface area (Å²) >= 11 is 5.90. The number of amides is 1. The third kappa shape index (κ3) is 3.04. The number of halogens is 2. The van der Waals surface area contributed by atoms with Crippen molar-refractivity contribution in [1.82, 2.24) is 4.90 Å². The average molecular weight is 367 g/mol. The SMILES string of the molecule is O=C1c2ccccc2[C@H](Nc2ccc(F)c(Cl)c2)N1Cc1ccccc1. The maximum atomic E-state index is 13.5. The summed E-state index contributed by atoms with van der Waals surface area (Å²) in [5, 5.41) is 3.36. The van der Waals surface area contributed by atoms with Gasteiger partial charge in [0.05, 0.1) is 5.02 Å². The molecule has 3 aromatic carbocycles. The fourth-order valence-corrected chi connectivity index (χ4v) is 3.39. The normalized spacial score (nSPS) is 15.8. The highest BCUT2D eigenvalue weighted by Gasteiger charge is 2.36. The van der Waals surface area contributed by atoms with Gasteiger partial charge >= 0.3 is 0 Å². The highest BCUT2D eigenvalue weighted by atomic mass is 35.5. The molecule has 3 aromatic rings. The molecule has 1 N–H and O–H groups in total. The van der Waals surface area contributed by atoms with Crippen molar-refractivity contribution in [2.45, 2.75) is 12.7 Å². The largest absolute Gasteiger partial charge is 0.361 e. The van der Waals surface area contributed by atoms with Gasteiger partial charge in [-0.05, 0) is 29.8 Å². The van der Waals surface area contributed by atoms with Crippen LogP contribution in [0.1, 0.15) is 27.7 Å². The summed E-state index contributed by atoms with van der Waals surface area (Å²) in [5.41, 5.74) is 3.27. The number of anilines is 1. The minimum atomic E-state index is -0.471. The van der Waals surface area contributed by atoms with E-state index in [4.69, 9.17) is 11.6 Å². The molecule has 1 aliphatic heterocycles. The molecule has 1 atom stereocenters. The van der Waals surface area contributed by atoms with Crippen LogP contribution in [0.4, 0.5) is 10.1 Å². The van der Waals surface area contributed by atoms with Crippen molar-refractivity contribution < 1.29 is 9.18 Å². The Morgan fingerprint density at radius 2 is 1.73 bits per heavy atom. The molecule has 0 saturated heterocycles. The van der Waals surface area contributed by atoms with Crippen LogP contribution in [0.15, 0.2) is 72.8 Å². The summed E-state index contributed by atoms with van der Waals surface area (Å²) in [4.78, 5) is 14.7. The van der Waals surface area contributed by atoms with Gasteiger partial charge in [-0.1, -0.05) is 60.1 Å². The van der Waals surface area contributed by atoms with Gasteiger partial charge in [0.25, 0.3) is 5.91 Å². The molecule has 3 nitrogen and oxygen atoms in total. The molecular formula is C21H16ClFN2O. The molecule has 0 spiro atoms. The molecule has 0 saturated carbocycles. The molecule has 4 rings (SSSR count). The van der Waals surface area contributed by atoms with E-state index in [2.05, 4.69) is 5.32 Å². The highest BCUT2D eigenvalue weighted by molar-refractivity contribution is 6.31. The van der Waals surface area contributed by atoms with E-state index in [-0.39, 0.29) is 17.1 Å². The number of fused-ring (bicyclic) bond motifs is 1. The van der Waals surface area contributed by atoms with E-state index in [9.17, 15) is 9.18 Å². The standard InChI is InChI=1S/C21H16ClFN2O/c22-18-12-15(10-11-19(18)23)24-20-16-8-4-5-9-17(16)21(26)25(20)13-14-6-2-1-3-7-14/h1-12,20,24H,13H2/t20-/m1/s1. The number of nitrogens with one attached hydrogen (secondary N) is 1. The number of nitrogens with zero attached hydrogens (tertiary/aromatic N) is 1. The molecule has 1 heterocycles. The van der Waals surface area contributed by atoms with Crippen LogP contribution in [0.25, 0.3) is 0 Å². The zero-order valence-corrected chi connectivity index (χ0v) is 14.6. The lowest BCUT2D eigenvalue weighted by Gasteiger charge is -2.27. The Bertz CT molecular complexity index is 961. The molecular weight excluding hydrogens is 351 g/mol. The fourth-order valence-electron chi connectivity index (χ4n) is 3.21. The second-order valence-electron chi connectivity index (χ2n) is 6.18. The van der Waals surface area contributed by atoms with Gasteiger partial charge in [0.15, 0.2) is 0 Å². The number of carbonyl (C=O) groups is 1. The van der Waals surface area contributed by atoms with Gasteiger partial charge in [0.1, 0.15) is 12.0 Å². The molecule has 0 radical (unpaired) electrons. The van der Waals surface area contributed by atoms with Crippen LogP contribution in [0.2, 0.25) is 5.02 Å². The highest BCUT2D eigenvalue weighted by Crippen LogP contribution is 2.36. The van der Waals surface area contributed by atoms with Crippen molar-refractivity contribution in [3.05, 3.63) is 100 Å². The average Bonchev–Trinajstić information content (AvgIpc) is 2.92. The zero-order valence-electron chi connectivity index (χ0n) is 13.8. The van der Waals surface area contributed by atoms with Gasteiger partial charge in [0, 0.05) is 23.4 Å². The Morgan fingerprint density at radius 1 is 1.00 bits per heavy atom. The Morgan fingerprint density at radius 3 is 2.50 bits per heavy atom. The van der Waals surface area contributed by atoms with Crippen molar-refractivity contribution in [3.8, 4) is 0 Å². The first-order valence-corrected chi connectivity index (χ1v) is 8.67. The molecule has 1 amide bonds. The Kier molecular flexibility index (Phi) is 4.35. The van der Waals surface area contributed by atoms with Crippen LogP contribution in [-0.4, -0.2) is 10.8 Å². The quantitative estimate of drug-likeness (QED) is 0.684. The van der Waals surface area contributed by atoms with Gasteiger partial charge in [-0.15, -0.1) is 0 Å².